The molecule has 3 aromatic rings. The molecule has 0 saturated heterocycles. The molecule has 0 spiro atoms. The van der Waals surface area contributed by atoms with Gasteiger partial charge in [0, 0.05) is 16.5 Å². The molecule has 0 unspecified atom stereocenters. The van der Waals surface area contributed by atoms with Gasteiger partial charge in [0.2, 0.25) is 0 Å². The van der Waals surface area contributed by atoms with Gasteiger partial charge in [-0.3, -0.25) is 9.89 Å². The summed E-state index contributed by atoms with van der Waals surface area (Å²) in [6.45, 7) is 2.02. The molecular weight excluding hydrogens is 380 g/mol. The highest BCUT2D eigenvalue weighted by atomic mass is 32.1. The first-order valence-corrected chi connectivity index (χ1v) is 9.13. The summed E-state index contributed by atoms with van der Waals surface area (Å²) in [6.07, 6.45) is 1.47. The van der Waals surface area contributed by atoms with Crippen molar-refractivity contribution in [1.82, 2.24) is 15.6 Å². The molecule has 1 amide bonds. The molecule has 9 heteroatoms. The Morgan fingerprint density at radius 3 is 2.46 bits per heavy atom. The standard InChI is InChI=1S/C19H20N4O4S/c1-11-5-6-18(28-11)13-8-14(22-21-13)19(24)23-20-10-12-7-16(26-3)17(27-4)9-15(12)25-2/h5-10H,1-4H3,(H,21,22)(H,23,24)/b20-10+. The number of methoxy groups -OCH3 is 3. The smallest absolute Gasteiger partial charge is 0.291 e. The van der Waals surface area contributed by atoms with Crippen LogP contribution in [0.4, 0.5) is 0 Å². The van der Waals surface area contributed by atoms with Crippen molar-refractivity contribution in [2.75, 3.05) is 21.3 Å². The number of carbonyl (C=O) groups excluding carboxylic acids is 1. The SMILES string of the molecule is COc1cc(OC)c(OC)cc1/C=N/NC(=O)c1cc(-c2ccc(C)s2)[nH]n1. The van der Waals surface area contributed by atoms with Crippen molar-refractivity contribution >= 4 is 23.5 Å². The van der Waals surface area contributed by atoms with Crippen LogP contribution in [0.5, 0.6) is 17.2 Å². The number of thiophene rings is 1. The minimum atomic E-state index is -0.425. The number of benzene rings is 1. The number of hydrogen-bond donors (Lipinski definition) is 2. The van der Waals surface area contributed by atoms with Gasteiger partial charge in [-0.15, -0.1) is 11.3 Å². The molecule has 0 saturated carbocycles. The Balaban J connectivity index is 1.72. The largest absolute Gasteiger partial charge is 0.496 e. The molecule has 0 aliphatic rings. The summed E-state index contributed by atoms with van der Waals surface area (Å²) in [5.41, 5.74) is 4.11. The maximum absolute atomic E-state index is 12.3. The molecular formula is C19H20N4O4S. The van der Waals surface area contributed by atoms with E-state index < -0.39 is 5.91 Å². The molecule has 0 aliphatic heterocycles. The average molecular weight is 400 g/mol. The molecule has 0 aliphatic carbocycles. The molecule has 1 aromatic carbocycles. The predicted molar refractivity (Wildman–Crippen MR) is 108 cm³/mol. The number of amides is 1. The fourth-order valence-electron chi connectivity index (χ4n) is 2.51. The molecule has 0 fully saturated rings. The fraction of sp³-hybridized carbons (Fsp3) is 0.211. The number of rotatable bonds is 7. The molecule has 8 nitrogen and oxygen atoms in total. The van der Waals surface area contributed by atoms with Crippen molar-refractivity contribution in [1.29, 1.82) is 0 Å². The van der Waals surface area contributed by atoms with E-state index >= 15 is 0 Å². The van der Waals surface area contributed by atoms with Crippen molar-refractivity contribution in [3.05, 3.63) is 46.5 Å². The lowest BCUT2D eigenvalue weighted by atomic mass is 10.2. The number of hydrogen-bond acceptors (Lipinski definition) is 7. The fourth-order valence-corrected chi connectivity index (χ4v) is 3.35. The summed E-state index contributed by atoms with van der Waals surface area (Å²) in [4.78, 5) is 14.5. The number of nitrogens with one attached hydrogen (secondary N) is 2. The number of aromatic nitrogens is 2. The Kier molecular flexibility index (Phi) is 5.95. The first-order valence-electron chi connectivity index (χ1n) is 8.31. The average Bonchev–Trinajstić information content (AvgIpc) is 3.36. The summed E-state index contributed by atoms with van der Waals surface area (Å²) < 4.78 is 15.8. The maximum atomic E-state index is 12.3. The Morgan fingerprint density at radius 1 is 1.11 bits per heavy atom. The van der Waals surface area contributed by atoms with Crippen LogP contribution >= 0.6 is 11.3 Å². The van der Waals surface area contributed by atoms with Crippen molar-refractivity contribution in [2.24, 2.45) is 5.10 Å². The third-order valence-electron chi connectivity index (χ3n) is 3.92. The van der Waals surface area contributed by atoms with Crippen LogP contribution < -0.4 is 19.6 Å². The molecule has 0 atom stereocenters. The summed E-state index contributed by atoms with van der Waals surface area (Å²) in [5, 5.41) is 10.9. The number of hydrazone groups is 1. The van der Waals surface area contributed by atoms with Crippen LogP contribution in [0.2, 0.25) is 0 Å². The van der Waals surface area contributed by atoms with Crippen molar-refractivity contribution < 1.29 is 19.0 Å². The Hall–Kier alpha value is -3.33. The van der Waals surface area contributed by atoms with Crippen LogP contribution in [0.1, 0.15) is 20.9 Å². The third-order valence-corrected chi connectivity index (χ3v) is 4.96. The Labute approximate surface area is 166 Å². The summed E-state index contributed by atoms with van der Waals surface area (Å²) >= 11 is 1.62. The molecule has 0 radical (unpaired) electrons. The Bertz CT molecular complexity index is 1010. The second kappa shape index (κ2) is 8.57. The van der Waals surface area contributed by atoms with Gasteiger partial charge < -0.3 is 14.2 Å². The molecule has 2 aromatic heterocycles. The van der Waals surface area contributed by atoms with Gasteiger partial charge in [0.1, 0.15) is 5.75 Å². The zero-order valence-electron chi connectivity index (χ0n) is 15.9. The van der Waals surface area contributed by atoms with E-state index in [1.807, 2.05) is 19.1 Å². The first kappa shape index (κ1) is 19.4. The highest BCUT2D eigenvalue weighted by molar-refractivity contribution is 7.15. The van der Waals surface area contributed by atoms with E-state index in [1.165, 1.54) is 25.3 Å². The summed E-state index contributed by atoms with van der Waals surface area (Å²) in [6, 6.07) is 9.08. The summed E-state index contributed by atoms with van der Waals surface area (Å²) in [7, 11) is 4.62. The number of carbonyl (C=O) groups is 1. The predicted octanol–water partition coefficient (Wildman–Crippen LogP) is 3.24. The van der Waals surface area contributed by atoms with E-state index in [0.29, 0.717) is 22.8 Å². The van der Waals surface area contributed by atoms with E-state index in [-0.39, 0.29) is 5.69 Å². The van der Waals surface area contributed by atoms with Gasteiger partial charge in [0.15, 0.2) is 17.2 Å². The molecule has 28 heavy (non-hydrogen) atoms. The lowest BCUT2D eigenvalue weighted by molar-refractivity contribution is 0.0950. The number of nitrogens with zero attached hydrogens (tertiary/aromatic N) is 2. The van der Waals surface area contributed by atoms with E-state index in [1.54, 1.807) is 36.6 Å². The van der Waals surface area contributed by atoms with Gasteiger partial charge in [0.05, 0.1) is 38.1 Å². The topological polar surface area (TPSA) is 97.8 Å². The minimum Gasteiger partial charge on any atom is -0.496 e. The first-order chi connectivity index (χ1) is 13.5. The van der Waals surface area contributed by atoms with Gasteiger partial charge in [-0.05, 0) is 31.2 Å². The highest BCUT2D eigenvalue weighted by Gasteiger charge is 2.13. The van der Waals surface area contributed by atoms with Gasteiger partial charge in [-0.2, -0.15) is 10.2 Å². The number of aryl methyl sites for hydroxylation is 1. The van der Waals surface area contributed by atoms with Crippen LogP contribution in [-0.4, -0.2) is 43.6 Å². The van der Waals surface area contributed by atoms with Crippen molar-refractivity contribution in [2.45, 2.75) is 6.92 Å². The molecule has 146 valence electrons. The lowest BCUT2D eigenvalue weighted by Gasteiger charge is -2.11. The van der Waals surface area contributed by atoms with E-state index in [9.17, 15) is 4.79 Å². The maximum Gasteiger partial charge on any atom is 0.291 e. The normalized spacial score (nSPS) is 10.9. The quantitative estimate of drug-likeness (QED) is 0.469. The molecule has 2 N–H and O–H groups in total. The second-order valence-electron chi connectivity index (χ2n) is 5.73. The summed E-state index contributed by atoms with van der Waals surface area (Å²) in [5.74, 6) is 1.17. The van der Waals surface area contributed by atoms with Gasteiger partial charge in [-0.25, -0.2) is 5.43 Å². The molecule has 2 heterocycles. The second-order valence-corrected chi connectivity index (χ2v) is 7.01. The van der Waals surface area contributed by atoms with Crippen molar-refractivity contribution in [3.63, 3.8) is 0 Å². The van der Waals surface area contributed by atoms with Gasteiger partial charge in [0.25, 0.3) is 5.91 Å². The van der Waals surface area contributed by atoms with Crippen LogP contribution in [0.25, 0.3) is 10.6 Å². The minimum absolute atomic E-state index is 0.248. The van der Waals surface area contributed by atoms with E-state index in [0.717, 1.165) is 10.6 Å². The highest BCUT2D eigenvalue weighted by Crippen LogP contribution is 2.33. The van der Waals surface area contributed by atoms with Crippen LogP contribution in [0.3, 0.4) is 0 Å². The third kappa shape index (κ3) is 4.15. The van der Waals surface area contributed by atoms with Crippen molar-refractivity contribution in [3.8, 4) is 27.8 Å². The Morgan fingerprint density at radius 2 is 1.82 bits per heavy atom. The van der Waals surface area contributed by atoms with Crippen LogP contribution in [0, 0.1) is 6.92 Å². The number of aromatic amines is 1. The molecule has 0 bridgehead atoms. The van der Waals surface area contributed by atoms with E-state index in [2.05, 4.69) is 20.7 Å². The lowest BCUT2D eigenvalue weighted by Crippen LogP contribution is -2.18. The zero-order chi connectivity index (χ0) is 20.1. The zero-order valence-corrected chi connectivity index (χ0v) is 16.7. The van der Waals surface area contributed by atoms with Crippen LogP contribution in [-0.2, 0) is 0 Å². The van der Waals surface area contributed by atoms with Gasteiger partial charge >= 0.3 is 0 Å². The number of ether oxygens (including phenoxy) is 3. The monoisotopic (exact) mass is 400 g/mol. The van der Waals surface area contributed by atoms with E-state index in [4.69, 9.17) is 14.2 Å². The molecule has 3 rings (SSSR count). The van der Waals surface area contributed by atoms with Crippen LogP contribution in [0.15, 0.2) is 35.4 Å². The van der Waals surface area contributed by atoms with Gasteiger partial charge in [-0.1, -0.05) is 0 Å². The number of H-pyrrole nitrogens is 1.